The molecule has 1 aromatic carbocycles. The van der Waals surface area contributed by atoms with E-state index in [0.717, 1.165) is 38.8 Å². The zero-order valence-electron chi connectivity index (χ0n) is 16.0. The summed E-state index contributed by atoms with van der Waals surface area (Å²) in [6, 6.07) is 3.95. The van der Waals surface area contributed by atoms with Gasteiger partial charge in [-0.25, -0.2) is 0 Å². The van der Waals surface area contributed by atoms with Crippen LogP contribution < -0.4 is 21.1 Å². The Bertz CT molecular complexity index is 757. The minimum Gasteiger partial charge on any atom is -0.366 e. The number of benzene rings is 1. The molecule has 10 nitrogen and oxygen atoms in total. The lowest BCUT2D eigenvalue weighted by Gasteiger charge is -2.22. The van der Waals surface area contributed by atoms with Crippen molar-refractivity contribution in [2.75, 3.05) is 18.0 Å². The molecule has 152 valence electrons. The summed E-state index contributed by atoms with van der Waals surface area (Å²) in [7, 11) is 0. The highest BCUT2D eigenvalue weighted by molar-refractivity contribution is 6.35. The molecule has 10 heteroatoms. The van der Waals surface area contributed by atoms with Crippen molar-refractivity contribution < 1.29 is 19.3 Å². The molecule has 0 aromatic heterocycles. The first-order chi connectivity index (χ1) is 13.3. The van der Waals surface area contributed by atoms with E-state index in [1.54, 1.807) is 19.9 Å². The van der Waals surface area contributed by atoms with Crippen LogP contribution >= 0.6 is 0 Å². The second-order valence-electron chi connectivity index (χ2n) is 6.90. The minimum atomic E-state index is -1.03. The van der Waals surface area contributed by atoms with Gasteiger partial charge in [0.15, 0.2) is 0 Å². The number of nitro benzene ring substituents is 1. The number of nitrogens with one attached hydrogen (secondary N) is 3. The highest BCUT2D eigenvalue weighted by Gasteiger charge is 2.23. The van der Waals surface area contributed by atoms with Crippen LogP contribution in [0.5, 0.6) is 0 Å². The molecule has 3 N–H and O–H groups in total. The standard InChI is InChI=1S/C18H25N5O5/c1-12(2)19-17(25)18(26)21-20-16(24)13-7-8-14(15(11-13)23(27)28)22-9-5-3-4-6-10-22/h7-8,11-12H,3-6,9-10H2,1-2H3,(H,19,25)(H,20,24)(H,21,26). The molecule has 1 fully saturated rings. The summed E-state index contributed by atoms with van der Waals surface area (Å²) in [5.74, 6) is -2.67. The Morgan fingerprint density at radius 2 is 1.68 bits per heavy atom. The normalized spacial score (nSPS) is 14.2. The monoisotopic (exact) mass is 391 g/mol. The average Bonchev–Trinajstić information content (AvgIpc) is 2.94. The predicted molar refractivity (Wildman–Crippen MR) is 103 cm³/mol. The van der Waals surface area contributed by atoms with Gasteiger partial charge in [-0.3, -0.25) is 35.3 Å². The number of nitro groups is 1. The number of carbonyl (C=O) groups is 3. The fourth-order valence-corrected chi connectivity index (χ4v) is 2.96. The van der Waals surface area contributed by atoms with Crippen molar-refractivity contribution in [2.45, 2.75) is 45.6 Å². The lowest BCUT2D eigenvalue weighted by atomic mass is 10.1. The lowest BCUT2D eigenvalue weighted by molar-refractivity contribution is -0.384. The number of anilines is 1. The highest BCUT2D eigenvalue weighted by Crippen LogP contribution is 2.31. The first kappa shape index (κ1) is 21.1. The van der Waals surface area contributed by atoms with E-state index in [9.17, 15) is 24.5 Å². The molecule has 3 amide bonds. The van der Waals surface area contributed by atoms with Gasteiger partial charge in [0.1, 0.15) is 5.69 Å². The number of amides is 3. The van der Waals surface area contributed by atoms with Crippen molar-refractivity contribution in [3.05, 3.63) is 33.9 Å². The van der Waals surface area contributed by atoms with Crippen LogP contribution in [0.4, 0.5) is 11.4 Å². The molecular formula is C18H25N5O5. The van der Waals surface area contributed by atoms with Gasteiger partial charge in [-0.1, -0.05) is 12.8 Å². The van der Waals surface area contributed by atoms with E-state index >= 15 is 0 Å². The third-order valence-electron chi connectivity index (χ3n) is 4.30. The highest BCUT2D eigenvalue weighted by atomic mass is 16.6. The SMILES string of the molecule is CC(C)NC(=O)C(=O)NNC(=O)c1ccc(N2CCCCCC2)c([N+](=O)[O-])c1. The van der Waals surface area contributed by atoms with Gasteiger partial charge in [0.2, 0.25) is 0 Å². The zero-order chi connectivity index (χ0) is 20.7. The fourth-order valence-electron chi connectivity index (χ4n) is 2.96. The van der Waals surface area contributed by atoms with Crippen molar-refractivity contribution in [3.63, 3.8) is 0 Å². The number of carbonyl (C=O) groups excluding carboxylic acids is 3. The summed E-state index contributed by atoms with van der Waals surface area (Å²) < 4.78 is 0. The van der Waals surface area contributed by atoms with Crippen molar-refractivity contribution in [3.8, 4) is 0 Å². The van der Waals surface area contributed by atoms with E-state index in [2.05, 4.69) is 10.7 Å². The van der Waals surface area contributed by atoms with Gasteiger partial charge >= 0.3 is 11.8 Å². The smallest absolute Gasteiger partial charge is 0.327 e. The summed E-state index contributed by atoms with van der Waals surface area (Å²) in [5, 5.41) is 13.9. The van der Waals surface area contributed by atoms with Gasteiger partial charge in [-0.15, -0.1) is 0 Å². The molecule has 0 radical (unpaired) electrons. The summed E-state index contributed by atoms with van der Waals surface area (Å²) in [4.78, 5) is 48.3. The Kier molecular flexibility index (Phi) is 7.30. The molecule has 1 aliphatic heterocycles. The number of nitrogens with zero attached hydrogens (tertiary/aromatic N) is 2. The van der Waals surface area contributed by atoms with E-state index in [1.165, 1.54) is 12.1 Å². The number of hydrogen-bond donors (Lipinski definition) is 3. The van der Waals surface area contributed by atoms with E-state index < -0.39 is 22.6 Å². The molecule has 0 unspecified atom stereocenters. The summed E-state index contributed by atoms with van der Waals surface area (Å²) in [6.07, 6.45) is 4.11. The predicted octanol–water partition coefficient (Wildman–Crippen LogP) is 1.26. The maximum absolute atomic E-state index is 12.2. The topological polar surface area (TPSA) is 134 Å². The zero-order valence-corrected chi connectivity index (χ0v) is 16.0. The summed E-state index contributed by atoms with van der Waals surface area (Å²) in [5.41, 5.74) is 4.40. The summed E-state index contributed by atoms with van der Waals surface area (Å²) in [6.45, 7) is 4.84. The van der Waals surface area contributed by atoms with Gasteiger partial charge in [0.05, 0.1) is 4.92 Å². The van der Waals surface area contributed by atoms with Crippen LogP contribution in [-0.4, -0.2) is 41.8 Å². The second kappa shape index (κ2) is 9.67. The first-order valence-electron chi connectivity index (χ1n) is 9.24. The van der Waals surface area contributed by atoms with Gasteiger partial charge in [0, 0.05) is 30.8 Å². The van der Waals surface area contributed by atoms with Crippen molar-refractivity contribution >= 4 is 29.1 Å². The molecule has 28 heavy (non-hydrogen) atoms. The van der Waals surface area contributed by atoms with E-state index in [0.29, 0.717) is 5.69 Å². The maximum atomic E-state index is 12.2. The summed E-state index contributed by atoms with van der Waals surface area (Å²) >= 11 is 0. The third kappa shape index (κ3) is 5.66. The molecule has 1 heterocycles. The van der Waals surface area contributed by atoms with Crippen LogP contribution in [0, 0.1) is 10.1 Å². The molecular weight excluding hydrogens is 366 g/mol. The van der Waals surface area contributed by atoms with Gasteiger partial charge < -0.3 is 10.2 Å². The Labute approximate surface area is 162 Å². The van der Waals surface area contributed by atoms with Crippen LogP contribution in [0.1, 0.15) is 49.9 Å². The first-order valence-corrected chi connectivity index (χ1v) is 9.24. The van der Waals surface area contributed by atoms with E-state index in [4.69, 9.17) is 0 Å². The minimum absolute atomic E-state index is 0.00911. The van der Waals surface area contributed by atoms with Gasteiger partial charge in [0.25, 0.3) is 11.6 Å². The van der Waals surface area contributed by atoms with Gasteiger partial charge in [-0.2, -0.15) is 0 Å². The Hall–Kier alpha value is -3.17. The van der Waals surface area contributed by atoms with Crippen LogP contribution in [0.2, 0.25) is 0 Å². The Balaban J connectivity index is 2.10. The average molecular weight is 391 g/mol. The number of hydrogen-bond acceptors (Lipinski definition) is 6. The van der Waals surface area contributed by atoms with E-state index in [1.807, 2.05) is 10.3 Å². The molecule has 1 aromatic rings. The van der Waals surface area contributed by atoms with Crippen LogP contribution in [0.3, 0.4) is 0 Å². The fraction of sp³-hybridized carbons (Fsp3) is 0.500. The quantitative estimate of drug-likeness (QED) is 0.402. The van der Waals surface area contributed by atoms with Crippen LogP contribution in [0.15, 0.2) is 18.2 Å². The molecule has 0 spiro atoms. The molecule has 0 bridgehead atoms. The lowest BCUT2D eigenvalue weighted by Crippen LogP contribution is -2.49. The molecule has 2 rings (SSSR count). The molecule has 1 saturated heterocycles. The van der Waals surface area contributed by atoms with Crippen LogP contribution in [-0.2, 0) is 9.59 Å². The Morgan fingerprint density at radius 1 is 1.04 bits per heavy atom. The van der Waals surface area contributed by atoms with Crippen LogP contribution in [0.25, 0.3) is 0 Å². The third-order valence-corrected chi connectivity index (χ3v) is 4.30. The largest absolute Gasteiger partial charge is 0.366 e. The van der Waals surface area contributed by atoms with Crippen molar-refractivity contribution in [2.24, 2.45) is 0 Å². The second-order valence-corrected chi connectivity index (χ2v) is 6.90. The number of hydrazine groups is 1. The van der Waals surface area contributed by atoms with Gasteiger partial charge in [-0.05, 0) is 38.8 Å². The Morgan fingerprint density at radius 3 is 2.25 bits per heavy atom. The molecule has 0 saturated carbocycles. The molecule has 0 aliphatic carbocycles. The maximum Gasteiger partial charge on any atom is 0.327 e. The van der Waals surface area contributed by atoms with E-state index in [-0.39, 0.29) is 17.3 Å². The number of rotatable bonds is 4. The van der Waals surface area contributed by atoms with Crippen molar-refractivity contribution in [1.29, 1.82) is 0 Å². The molecule has 1 aliphatic rings. The molecule has 0 atom stereocenters. The van der Waals surface area contributed by atoms with Crippen molar-refractivity contribution in [1.82, 2.24) is 16.2 Å².